The van der Waals surface area contributed by atoms with Crippen LogP contribution < -0.4 is 5.32 Å². The van der Waals surface area contributed by atoms with Crippen molar-refractivity contribution >= 4 is 20.8 Å². The topological polar surface area (TPSA) is 71.5 Å². The van der Waals surface area contributed by atoms with Crippen LogP contribution in [-0.2, 0) is 14.8 Å². The molecule has 0 aliphatic carbocycles. The Morgan fingerprint density at radius 1 is 1.26 bits per heavy atom. The first kappa shape index (κ1) is 16.3. The van der Waals surface area contributed by atoms with Crippen LogP contribution >= 0.6 is 0 Å². The van der Waals surface area contributed by atoms with Crippen molar-refractivity contribution in [3.05, 3.63) is 36.7 Å². The van der Waals surface area contributed by atoms with Gasteiger partial charge in [-0.25, -0.2) is 8.42 Å². The van der Waals surface area contributed by atoms with Gasteiger partial charge in [0.25, 0.3) is 0 Å². The van der Waals surface area contributed by atoms with Crippen LogP contribution in [0.25, 0.3) is 10.8 Å². The van der Waals surface area contributed by atoms with Gasteiger partial charge in [0, 0.05) is 43.5 Å². The Morgan fingerprint density at radius 3 is 3.00 bits per heavy atom. The van der Waals surface area contributed by atoms with Crippen molar-refractivity contribution in [3.63, 3.8) is 0 Å². The summed E-state index contributed by atoms with van der Waals surface area (Å²) in [4.78, 5) is 4.36. The third kappa shape index (κ3) is 3.53. The van der Waals surface area contributed by atoms with Gasteiger partial charge in [0.1, 0.15) is 0 Å². The standard InChI is InChI=1S/C16H21N3O3S/c1-13-11-18-6-8-22-9-7-19(13)23(20,21)16-3-2-15-12-17-5-4-14(15)10-16/h2-5,10,12-13,18H,6-9,11H2,1H3/t13-/m1/s1. The van der Waals surface area contributed by atoms with Crippen molar-refractivity contribution in [1.82, 2.24) is 14.6 Å². The summed E-state index contributed by atoms with van der Waals surface area (Å²) in [6.07, 6.45) is 3.39. The molecule has 23 heavy (non-hydrogen) atoms. The average molecular weight is 335 g/mol. The lowest BCUT2D eigenvalue weighted by Crippen LogP contribution is -2.44. The number of pyridine rings is 1. The van der Waals surface area contributed by atoms with Crippen LogP contribution in [0, 0.1) is 0 Å². The minimum absolute atomic E-state index is 0.130. The van der Waals surface area contributed by atoms with Crippen LogP contribution in [0.4, 0.5) is 0 Å². The third-order valence-corrected chi connectivity index (χ3v) is 6.04. The summed E-state index contributed by atoms with van der Waals surface area (Å²) in [6, 6.07) is 6.84. The van der Waals surface area contributed by atoms with E-state index in [0.29, 0.717) is 31.2 Å². The van der Waals surface area contributed by atoms with Gasteiger partial charge < -0.3 is 10.1 Å². The molecule has 2 heterocycles. The number of rotatable bonds is 2. The number of nitrogens with one attached hydrogen (secondary N) is 1. The van der Waals surface area contributed by atoms with Crippen molar-refractivity contribution in [2.75, 3.05) is 32.8 Å². The Bertz CT molecular complexity index is 779. The fourth-order valence-electron chi connectivity index (χ4n) is 2.75. The second-order valence-corrected chi connectivity index (χ2v) is 7.56. The number of nitrogens with zero attached hydrogens (tertiary/aromatic N) is 2. The fourth-order valence-corrected chi connectivity index (χ4v) is 4.40. The van der Waals surface area contributed by atoms with Gasteiger partial charge in [0.15, 0.2) is 0 Å². The van der Waals surface area contributed by atoms with E-state index >= 15 is 0 Å². The summed E-state index contributed by atoms with van der Waals surface area (Å²) in [5.74, 6) is 0. The fraction of sp³-hybridized carbons (Fsp3) is 0.438. The molecule has 124 valence electrons. The molecule has 1 N–H and O–H groups in total. The second kappa shape index (κ2) is 6.92. The van der Waals surface area contributed by atoms with Gasteiger partial charge in [-0.2, -0.15) is 4.31 Å². The van der Waals surface area contributed by atoms with Gasteiger partial charge in [-0.05, 0) is 30.5 Å². The highest BCUT2D eigenvalue weighted by molar-refractivity contribution is 7.89. The van der Waals surface area contributed by atoms with E-state index < -0.39 is 10.0 Å². The molecule has 6 nitrogen and oxygen atoms in total. The Kier molecular flexibility index (Phi) is 4.91. The Hall–Kier alpha value is -1.54. The first-order valence-electron chi connectivity index (χ1n) is 7.73. The largest absolute Gasteiger partial charge is 0.379 e. The monoisotopic (exact) mass is 335 g/mol. The van der Waals surface area contributed by atoms with Crippen LogP contribution in [0.1, 0.15) is 6.92 Å². The smallest absolute Gasteiger partial charge is 0.243 e. The van der Waals surface area contributed by atoms with E-state index in [1.54, 1.807) is 30.6 Å². The molecule has 1 atom stereocenters. The Morgan fingerprint density at radius 2 is 2.13 bits per heavy atom. The lowest BCUT2D eigenvalue weighted by molar-refractivity contribution is 0.129. The van der Waals surface area contributed by atoms with Crippen LogP contribution in [0.2, 0.25) is 0 Å². The molecule has 1 aliphatic heterocycles. The predicted molar refractivity (Wildman–Crippen MR) is 88.8 cm³/mol. The number of benzene rings is 1. The Labute approximate surface area is 136 Å². The van der Waals surface area contributed by atoms with Gasteiger partial charge in [-0.1, -0.05) is 6.07 Å². The van der Waals surface area contributed by atoms with E-state index in [-0.39, 0.29) is 6.04 Å². The van der Waals surface area contributed by atoms with E-state index in [4.69, 9.17) is 4.74 Å². The zero-order chi connectivity index (χ0) is 16.3. The second-order valence-electron chi connectivity index (χ2n) is 5.67. The number of sulfonamides is 1. The van der Waals surface area contributed by atoms with Crippen molar-refractivity contribution < 1.29 is 13.2 Å². The molecule has 1 saturated heterocycles. The van der Waals surface area contributed by atoms with Gasteiger partial charge in [0.2, 0.25) is 10.0 Å². The minimum atomic E-state index is -3.57. The summed E-state index contributed by atoms with van der Waals surface area (Å²) in [6.45, 7) is 4.63. The molecule has 1 fully saturated rings. The summed E-state index contributed by atoms with van der Waals surface area (Å²) in [5, 5.41) is 5.01. The highest BCUT2D eigenvalue weighted by Crippen LogP contribution is 2.22. The molecule has 3 rings (SSSR count). The molecule has 0 spiro atoms. The van der Waals surface area contributed by atoms with E-state index in [1.807, 2.05) is 13.0 Å². The molecule has 0 amide bonds. The SMILES string of the molecule is C[C@@H]1CNCCOCCN1S(=O)(=O)c1ccc2cnccc2c1. The maximum absolute atomic E-state index is 13.0. The van der Waals surface area contributed by atoms with Crippen LogP contribution in [0.5, 0.6) is 0 Å². The van der Waals surface area contributed by atoms with Crippen molar-refractivity contribution in [2.24, 2.45) is 0 Å². The first-order chi connectivity index (χ1) is 11.1. The van der Waals surface area contributed by atoms with Crippen molar-refractivity contribution in [3.8, 4) is 0 Å². The van der Waals surface area contributed by atoms with Gasteiger partial charge >= 0.3 is 0 Å². The summed E-state index contributed by atoms with van der Waals surface area (Å²) >= 11 is 0. The van der Waals surface area contributed by atoms with E-state index in [9.17, 15) is 8.42 Å². The van der Waals surface area contributed by atoms with E-state index in [1.165, 1.54) is 4.31 Å². The quantitative estimate of drug-likeness (QED) is 0.894. The molecule has 2 aromatic rings. The van der Waals surface area contributed by atoms with Gasteiger partial charge in [-0.3, -0.25) is 4.98 Å². The maximum Gasteiger partial charge on any atom is 0.243 e. The zero-order valence-electron chi connectivity index (χ0n) is 13.1. The zero-order valence-corrected chi connectivity index (χ0v) is 13.9. The molecule has 1 aromatic heterocycles. The molecule has 0 saturated carbocycles. The number of hydrogen-bond acceptors (Lipinski definition) is 5. The maximum atomic E-state index is 13.0. The lowest BCUT2D eigenvalue weighted by atomic mass is 10.2. The van der Waals surface area contributed by atoms with Gasteiger partial charge in [-0.15, -0.1) is 0 Å². The number of fused-ring (bicyclic) bond motifs is 1. The normalized spacial score (nSPS) is 21.5. The summed E-state index contributed by atoms with van der Waals surface area (Å²) in [5.41, 5.74) is 0. The number of ether oxygens (including phenoxy) is 1. The van der Waals surface area contributed by atoms with Gasteiger partial charge in [0.05, 0.1) is 18.1 Å². The molecule has 0 unspecified atom stereocenters. The number of aromatic nitrogens is 1. The predicted octanol–water partition coefficient (Wildman–Crippen LogP) is 1.23. The van der Waals surface area contributed by atoms with E-state index in [2.05, 4.69) is 10.3 Å². The van der Waals surface area contributed by atoms with E-state index in [0.717, 1.165) is 17.3 Å². The third-order valence-electron chi connectivity index (χ3n) is 4.03. The average Bonchev–Trinajstić information content (AvgIpc) is 2.66. The lowest BCUT2D eigenvalue weighted by Gasteiger charge is -2.27. The van der Waals surface area contributed by atoms with Crippen molar-refractivity contribution in [2.45, 2.75) is 17.9 Å². The first-order valence-corrected chi connectivity index (χ1v) is 9.17. The highest BCUT2D eigenvalue weighted by atomic mass is 32.2. The molecular formula is C16H21N3O3S. The highest BCUT2D eigenvalue weighted by Gasteiger charge is 2.29. The van der Waals surface area contributed by atoms with Crippen LogP contribution in [0.15, 0.2) is 41.6 Å². The Balaban J connectivity index is 1.96. The van der Waals surface area contributed by atoms with Crippen molar-refractivity contribution in [1.29, 1.82) is 0 Å². The molecule has 1 aliphatic rings. The molecule has 1 aromatic carbocycles. The minimum Gasteiger partial charge on any atom is -0.379 e. The summed E-state index contributed by atoms with van der Waals surface area (Å²) < 4.78 is 33.1. The number of hydrogen-bond donors (Lipinski definition) is 1. The molecule has 0 radical (unpaired) electrons. The molecular weight excluding hydrogens is 314 g/mol. The molecule has 0 bridgehead atoms. The van der Waals surface area contributed by atoms with Crippen LogP contribution in [-0.4, -0.2) is 56.6 Å². The molecule has 7 heteroatoms. The summed E-state index contributed by atoms with van der Waals surface area (Å²) in [7, 11) is -3.57. The van der Waals surface area contributed by atoms with Crippen LogP contribution in [0.3, 0.4) is 0 Å².